The lowest BCUT2D eigenvalue weighted by Gasteiger charge is -2.29. The number of aromatic nitrogens is 2. The van der Waals surface area contributed by atoms with Crippen molar-refractivity contribution in [1.82, 2.24) is 14.9 Å². The van der Waals surface area contributed by atoms with E-state index in [9.17, 15) is 4.79 Å². The molecule has 2 aromatic heterocycles. The predicted octanol–water partition coefficient (Wildman–Crippen LogP) is 5.88. The molecule has 0 spiro atoms. The number of methoxy groups -OCH3 is 2. The number of anilines is 2. The minimum Gasteiger partial charge on any atom is -0.495 e. The first-order chi connectivity index (χ1) is 19.7. The number of hydrogen-bond donors (Lipinski definition) is 2. The fourth-order valence-corrected chi connectivity index (χ4v) is 6.12. The van der Waals surface area contributed by atoms with Crippen LogP contribution in [0.1, 0.15) is 45.9 Å². The van der Waals surface area contributed by atoms with Crippen LogP contribution in [0.25, 0.3) is 5.69 Å². The SMILES string of the molecule is COCC(=O)Nc1cc(N2C(=S)N[C@@H](c3ccccn3)[C@H]2c2cc(C)n(-c3cc(C)cc(C)c3)c2C)ccc1OC. The summed E-state index contributed by atoms with van der Waals surface area (Å²) in [5.74, 6) is 0.270. The number of nitrogens with zero attached hydrogens (tertiary/aromatic N) is 3. The van der Waals surface area contributed by atoms with Gasteiger partial charge in [0.05, 0.1) is 30.6 Å². The van der Waals surface area contributed by atoms with E-state index in [1.54, 1.807) is 13.3 Å². The quantitative estimate of drug-likeness (QED) is 0.257. The molecule has 9 heteroatoms. The van der Waals surface area contributed by atoms with Crippen LogP contribution in [0.5, 0.6) is 5.75 Å². The largest absolute Gasteiger partial charge is 0.495 e. The van der Waals surface area contributed by atoms with Crippen molar-refractivity contribution in [3.8, 4) is 11.4 Å². The molecule has 1 saturated heterocycles. The minimum absolute atomic E-state index is 0.0636. The molecule has 2 atom stereocenters. The lowest BCUT2D eigenvalue weighted by Crippen LogP contribution is -2.29. The molecule has 0 unspecified atom stereocenters. The van der Waals surface area contributed by atoms with Crippen LogP contribution in [-0.2, 0) is 9.53 Å². The molecule has 2 N–H and O–H groups in total. The van der Waals surface area contributed by atoms with Crippen LogP contribution >= 0.6 is 12.2 Å². The van der Waals surface area contributed by atoms with Gasteiger partial charge in [0.2, 0.25) is 5.91 Å². The number of carbonyl (C=O) groups is 1. The molecule has 1 aliphatic heterocycles. The third kappa shape index (κ3) is 5.55. The fourth-order valence-electron chi connectivity index (χ4n) is 5.77. The second-order valence-corrected chi connectivity index (χ2v) is 10.8. The maximum atomic E-state index is 12.4. The average Bonchev–Trinajstić information content (AvgIpc) is 3.43. The van der Waals surface area contributed by atoms with Gasteiger partial charge in [0.1, 0.15) is 12.4 Å². The molecule has 2 aromatic carbocycles. The molecule has 0 aliphatic carbocycles. The molecular formula is C32H35N5O3S. The van der Waals surface area contributed by atoms with Crippen LogP contribution in [0.15, 0.2) is 66.9 Å². The maximum absolute atomic E-state index is 12.4. The molecule has 1 aliphatic rings. The number of nitrogens with one attached hydrogen (secondary N) is 2. The third-order valence-electron chi connectivity index (χ3n) is 7.36. The second kappa shape index (κ2) is 11.7. The molecule has 5 rings (SSSR count). The van der Waals surface area contributed by atoms with Crippen molar-refractivity contribution in [3.63, 3.8) is 0 Å². The smallest absolute Gasteiger partial charge is 0.250 e. The van der Waals surface area contributed by atoms with Crippen molar-refractivity contribution in [3.05, 3.63) is 101 Å². The lowest BCUT2D eigenvalue weighted by atomic mass is 9.96. The van der Waals surface area contributed by atoms with Crippen LogP contribution in [0.2, 0.25) is 0 Å². The number of benzene rings is 2. The van der Waals surface area contributed by atoms with Crippen molar-refractivity contribution < 1.29 is 14.3 Å². The first-order valence-electron chi connectivity index (χ1n) is 13.5. The van der Waals surface area contributed by atoms with Crippen molar-refractivity contribution in [2.75, 3.05) is 31.0 Å². The number of carbonyl (C=O) groups excluding carboxylic acids is 1. The highest BCUT2D eigenvalue weighted by atomic mass is 32.1. The molecule has 0 radical (unpaired) electrons. The van der Waals surface area contributed by atoms with Crippen molar-refractivity contribution in [1.29, 1.82) is 0 Å². The van der Waals surface area contributed by atoms with Crippen LogP contribution in [-0.4, -0.2) is 41.4 Å². The summed E-state index contributed by atoms with van der Waals surface area (Å²) < 4.78 is 12.9. The van der Waals surface area contributed by atoms with Gasteiger partial charge in [0.25, 0.3) is 0 Å². The number of rotatable bonds is 8. The normalized spacial score (nSPS) is 16.5. The molecule has 41 heavy (non-hydrogen) atoms. The van der Waals surface area contributed by atoms with Gasteiger partial charge in [-0.25, -0.2) is 0 Å². The first kappa shape index (κ1) is 28.3. The summed E-state index contributed by atoms with van der Waals surface area (Å²) in [7, 11) is 3.06. The highest BCUT2D eigenvalue weighted by molar-refractivity contribution is 7.80. The van der Waals surface area contributed by atoms with Gasteiger partial charge in [-0.1, -0.05) is 12.1 Å². The average molecular weight is 570 g/mol. The Balaban J connectivity index is 1.66. The molecule has 212 valence electrons. The zero-order chi connectivity index (χ0) is 29.3. The number of hydrogen-bond acceptors (Lipinski definition) is 5. The third-order valence-corrected chi connectivity index (χ3v) is 7.68. The summed E-state index contributed by atoms with van der Waals surface area (Å²) in [5, 5.41) is 7.01. The van der Waals surface area contributed by atoms with Gasteiger partial charge in [-0.3, -0.25) is 9.78 Å². The van der Waals surface area contributed by atoms with Crippen LogP contribution in [0.4, 0.5) is 11.4 Å². The van der Waals surface area contributed by atoms with E-state index in [2.05, 4.69) is 72.1 Å². The molecule has 1 fully saturated rings. The zero-order valence-electron chi connectivity index (χ0n) is 24.2. The highest BCUT2D eigenvalue weighted by Crippen LogP contribution is 2.45. The van der Waals surface area contributed by atoms with Gasteiger partial charge in [-0.15, -0.1) is 0 Å². The topological polar surface area (TPSA) is 80.7 Å². The Hall–Kier alpha value is -4.21. The predicted molar refractivity (Wildman–Crippen MR) is 166 cm³/mol. The Morgan fingerprint density at radius 1 is 1.00 bits per heavy atom. The molecule has 8 nitrogen and oxygen atoms in total. The Labute approximate surface area is 246 Å². The van der Waals surface area contributed by atoms with Gasteiger partial charge in [-0.2, -0.15) is 0 Å². The number of ether oxygens (including phenoxy) is 2. The molecule has 4 aromatic rings. The van der Waals surface area contributed by atoms with Gasteiger partial charge < -0.3 is 29.6 Å². The molecule has 1 amide bonds. The number of pyridine rings is 1. The summed E-state index contributed by atoms with van der Waals surface area (Å²) in [6.45, 7) is 8.46. The Morgan fingerprint density at radius 3 is 2.41 bits per heavy atom. The monoisotopic (exact) mass is 569 g/mol. The van der Waals surface area contributed by atoms with Gasteiger partial charge in [0, 0.05) is 36.1 Å². The highest BCUT2D eigenvalue weighted by Gasteiger charge is 2.42. The van der Waals surface area contributed by atoms with Gasteiger partial charge in [0.15, 0.2) is 5.11 Å². The first-order valence-corrected chi connectivity index (χ1v) is 13.9. The van der Waals surface area contributed by atoms with Crippen LogP contribution in [0.3, 0.4) is 0 Å². The van der Waals surface area contributed by atoms with E-state index in [4.69, 9.17) is 26.7 Å². The summed E-state index contributed by atoms with van der Waals surface area (Å²) in [5.41, 5.74) is 9.18. The Bertz CT molecular complexity index is 1580. The summed E-state index contributed by atoms with van der Waals surface area (Å²) in [6.07, 6.45) is 1.80. The summed E-state index contributed by atoms with van der Waals surface area (Å²) in [4.78, 5) is 19.2. The lowest BCUT2D eigenvalue weighted by molar-refractivity contribution is -0.119. The van der Waals surface area contributed by atoms with Gasteiger partial charge >= 0.3 is 0 Å². The van der Waals surface area contributed by atoms with Crippen molar-refractivity contribution in [2.24, 2.45) is 0 Å². The zero-order valence-corrected chi connectivity index (χ0v) is 25.0. The summed E-state index contributed by atoms with van der Waals surface area (Å²) >= 11 is 5.96. The van der Waals surface area contributed by atoms with E-state index >= 15 is 0 Å². The van der Waals surface area contributed by atoms with E-state index in [0.717, 1.165) is 34.0 Å². The van der Waals surface area contributed by atoms with E-state index in [-0.39, 0.29) is 24.6 Å². The number of amides is 1. The fraction of sp³-hybridized carbons (Fsp3) is 0.281. The van der Waals surface area contributed by atoms with E-state index in [1.807, 2.05) is 36.4 Å². The van der Waals surface area contributed by atoms with Crippen LogP contribution < -0.4 is 20.3 Å². The standard InChI is InChI=1S/C32H35N5O3S/c1-19-13-20(2)15-24(14-19)36-21(3)16-25(22(36)4)31-30(26-9-7-8-12-33-26)35-32(41)37(31)23-10-11-28(40-6)27(17-23)34-29(38)18-39-5/h7-17,30-31H,18H2,1-6H3,(H,34,38)(H,35,41)/t30-,31+/m0/s1. The minimum atomic E-state index is -0.273. The maximum Gasteiger partial charge on any atom is 0.250 e. The van der Waals surface area contributed by atoms with Gasteiger partial charge in [-0.05, 0) is 105 Å². The van der Waals surface area contributed by atoms with Crippen LogP contribution in [0, 0.1) is 27.7 Å². The number of thiocarbonyl (C=S) groups is 1. The second-order valence-electron chi connectivity index (χ2n) is 10.4. The Kier molecular flexibility index (Phi) is 8.10. The van der Waals surface area contributed by atoms with E-state index in [0.29, 0.717) is 16.5 Å². The van der Waals surface area contributed by atoms with Crippen molar-refractivity contribution in [2.45, 2.75) is 39.8 Å². The summed E-state index contributed by atoms with van der Waals surface area (Å²) in [6, 6.07) is 20.0. The molecule has 3 heterocycles. The molecular weight excluding hydrogens is 534 g/mol. The van der Waals surface area contributed by atoms with E-state index in [1.165, 1.54) is 18.2 Å². The molecule has 0 bridgehead atoms. The molecule has 0 saturated carbocycles. The van der Waals surface area contributed by atoms with E-state index < -0.39 is 0 Å². The Morgan fingerprint density at radius 2 is 1.76 bits per heavy atom. The number of aryl methyl sites for hydroxylation is 3. The van der Waals surface area contributed by atoms with Crippen molar-refractivity contribution >= 4 is 34.6 Å².